The second-order valence-corrected chi connectivity index (χ2v) is 3.18. The van der Waals surface area contributed by atoms with Crippen molar-refractivity contribution in [2.45, 2.75) is 32.7 Å². The predicted molar refractivity (Wildman–Crippen MR) is 50.9 cm³/mol. The van der Waals surface area contributed by atoms with Crippen molar-refractivity contribution in [3.05, 3.63) is 11.9 Å². The van der Waals surface area contributed by atoms with E-state index >= 15 is 0 Å². The topological polar surface area (TPSA) is 67.6 Å². The molecule has 1 atom stereocenters. The van der Waals surface area contributed by atoms with E-state index < -0.39 is 0 Å². The van der Waals surface area contributed by atoms with Crippen LogP contribution in [-0.2, 0) is 0 Å². The number of nitrogens with two attached hydrogens (primary N) is 1. The summed E-state index contributed by atoms with van der Waals surface area (Å²) < 4.78 is 1.87. The van der Waals surface area contributed by atoms with E-state index in [0.717, 1.165) is 12.1 Å². The van der Waals surface area contributed by atoms with E-state index in [-0.39, 0.29) is 6.04 Å². The summed E-state index contributed by atoms with van der Waals surface area (Å²) in [4.78, 5) is 0. The van der Waals surface area contributed by atoms with E-state index in [9.17, 15) is 0 Å². The van der Waals surface area contributed by atoms with Crippen LogP contribution < -0.4 is 5.73 Å². The molecule has 1 aromatic heterocycles. The molecule has 0 bridgehead atoms. The fourth-order valence-corrected chi connectivity index (χ4v) is 1.28. The second-order valence-electron chi connectivity index (χ2n) is 3.18. The van der Waals surface area contributed by atoms with Crippen LogP contribution in [0.25, 0.3) is 0 Å². The zero-order valence-corrected chi connectivity index (χ0v) is 7.99. The highest BCUT2D eigenvalue weighted by Crippen LogP contribution is 2.17. The summed E-state index contributed by atoms with van der Waals surface area (Å²) in [5.74, 6) is 0. The molecular formula is C9H14N4. The molecule has 0 aromatic carbocycles. The van der Waals surface area contributed by atoms with E-state index in [1.54, 1.807) is 6.20 Å². The minimum absolute atomic E-state index is 0.247. The van der Waals surface area contributed by atoms with Crippen LogP contribution in [0.15, 0.2) is 6.20 Å². The zero-order chi connectivity index (χ0) is 9.84. The van der Waals surface area contributed by atoms with Gasteiger partial charge in [0.05, 0.1) is 29.7 Å². The van der Waals surface area contributed by atoms with E-state index in [4.69, 9.17) is 11.0 Å². The number of hydrogen-bond donors (Lipinski definition) is 1. The first kappa shape index (κ1) is 9.59. The molecule has 4 heteroatoms. The summed E-state index contributed by atoms with van der Waals surface area (Å²) >= 11 is 0. The lowest BCUT2D eigenvalue weighted by atomic mass is 10.2. The maximum Gasteiger partial charge on any atom is 0.0730 e. The Balaban J connectivity index is 2.72. The van der Waals surface area contributed by atoms with Crippen molar-refractivity contribution in [2.24, 2.45) is 0 Å². The molecule has 0 radical (unpaired) electrons. The van der Waals surface area contributed by atoms with Gasteiger partial charge in [0.25, 0.3) is 0 Å². The summed E-state index contributed by atoms with van der Waals surface area (Å²) in [7, 11) is 0. The van der Waals surface area contributed by atoms with Gasteiger partial charge in [-0.3, -0.25) is 4.68 Å². The quantitative estimate of drug-likeness (QED) is 0.765. The average Bonchev–Trinajstić information content (AvgIpc) is 2.44. The molecule has 0 amide bonds. The van der Waals surface area contributed by atoms with Gasteiger partial charge in [-0.1, -0.05) is 0 Å². The Morgan fingerprint density at radius 2 is 2.46 bits per heavy atom. The van der Waals surface area contributed by atoms with Crippen molar-refractivity contribution in [3.8, 4) is 6.07 Å². The van der Waals surface area contributed by atoms with Crippen LogP contribution in [0.2, 0.25) is 0 Å². The van der Waals surface area contributed by atoms with Crippen LogP contribution >= 0.6 is 0 Å². The summed E-state index contributed by atoms with van der Waals surface area (Å²) in [5, 5.41) is 12.6. The Morgan fingerprint density at radius 1 is 1.77 bits per heavy atom. The van der Waals surface area contributed by atoms with Gasteiger partial charge in [0, 0.05) is 6.42 Å². The fraction of sp³-hybridized carbons (Fsp3) is 0.556. The molecule has 13 heavy (non-hydrogen) atoms. The fourth-order valence-electron chi connectivity index (χ4n) is 1.28. The first-order valence-corrected chi connectivity index (χ1v) is 4.33. The highest BCUT2D eigenvalue weighted by molar-refractivity contribution is 5.39. The van der Waals surface area contributed by atoms with Crippen molar-refractivity contribution in [2.75, 3.05) is 5.73 Å². The van der Waals surface area contributed by atoms with E-state index in [1.807, 2.05) is 18.5 Å². The van der Waals surface area contributed by atoms with Crippen molar-refractivity contribution in [3.63, 3.8) is 0 Å². The van der Waals surface area contributed by atoms with Gasteiger partial charge in [-0.15, -0.1) is 0 Å². The molecule has 1 heterocycles. The molecule has 1 rings (SSSR count). The number of nitriles is 1. The van der Waals surface area contributed by atoms with Crippen molar-refractivity contribution in [1.29, 1.82) is 5.26 Å². The lowest BCUT2D eigenvalue weighted by Gasteiger charge is -2.12. The van der Waals surface area contributed by atoms with Crippen LogP contribution in [0.3, 0.4) is 0 Å². The summed E-state index contributed by atoms with van der Waals surface area (Å²) in [6, 6.07) is 2.37. The standard InChI is InChI=1S/C9H14N4/c1-7(4-3-5-10)13-8(2)9(11)6-12-13/h6-7H,3-4,11H2,1-2H3. The highest BCUT2D eigenvalue weighted by Gasteiger charge is 2.09. The number of anilines is 1. The number of nitrogen functional groups attached to an aromatic ring is 1. The molecule has 1 aromatic rings. The van der Waals surface area contributed by atoms with Crippen molar-refractivity contribution in [1.82, 2.24) is 9.78 Å². The molecule has 0 saturated carbocycles. The third kappa shape index (κ3) is 2.00. The van der Waals surface area contributed by atoms with Gasteiger partial charge in [-0.2, -0.15) is 10.4 Å². The van der Waals surface area contributed by atoms with E-state index in [2.05, 4.69) is 11.2 Å². The molecule has 0 aliphatic rings. The lowest BCUT2D eigenvalue weighted by Crippen LogP contribution is -2.08. The second kappa shape index (κ2) is 3.94. The molecule has 0 fully saturated rings. The van der Waals surface area contributed by atoms with Crippen molar-refractivity contribution < 1.29 is 0 Å². The third-order valence-electron chi connectivity index (χ3n) is 2.17. The monoisotopic (exact) mass is 178 g/mol. The zero-order valence-electron chi connectivity index (χ0n) is 7.99. The molecular weight excluding hydrogens is 164 g/mol. The number of hydrogen-bond acceptors (Lipinski definition) is 3. The Labute approximate surface area is 78.0 Å². The normalized spacial score (nSPS) is 12.4. The molecule has 0 aliphatic heterocycles. The number of aromatic nitrogens is 2. The Kier molecular flexibility index (Phi) is 2.91. The third-order valence-corrected chi connectivity index (χ3v) is 2.17. The van der Waals surface area contributed by atoms with Crippen molar-refractivity contribution >= 4 is 5.69 Å². The first-order valence-electron chi connectivity index (χ1n) is 4.33. The van der Waals surface area contributed by atoms with Crippen LogP contribution in [0.5, 0.6) is 0 Å². The summed E-state index contributed by atoms with van der Waals surface area (Å²) in [6.45, 7) is 3.97. The largest absolute Gasteiger partial charge is 0.396 e. The number of nitrogens with zero attached hydrogens (tertiary/aromatic N) is 3. The van der Waals surface area contributed by atoms with Gasteiger partial charge < -0.3 is 5.73 Å². The predicted octanol–water partition coefficient (Wildman–Crippen LogP) is 1.64. The van der Waals surface area contributed by atoms with Gasteiger partial charge in [-0.25, -0.2) is 0 Å². The molecule has 0 aliphatic carbocycles. The molecule has 70 valence electrons. The average molecular weight is 178 g/mol. The minimum Gasteiger partial charge on any atom is -0.396 e. The van der Waals surface area contributed by atoms with Crippen LogP contribution in [0.4, 0.5) is 5.69 Å². The van der Waals surface area contributed by atoms with Crippen LogP contribution in [-0.4, -0.2) is 9.78 Å². The summed E-state index contributed by atoms with van der Waals surface area (Å²) in [5.41, 5.74) is 7.35. The first-order chi connectivity index (χ1) is 6.16. The van der Waals surface area contributed by atoms with Gasteiger partial charge >= 0.3 is 0 Å². The molecule has 0 saturated heterocycles. The van der Waals surface area contributed by atoms with Gasteiger partial charge in [-0.05, 0) is 20.3 Å². The Bertz CT molecular complexity index is 321. The van der Waals surface area contributed by atoms with Gasteiger partial charge in [0.15, 0.2) is 0 Å². The van der Waals surface area contributed by atoms with E-state index in [1.165, 1.54) is 0 Å². The van der Waals surface area contributed by atoms with Gasteiger partial charge in [0.2, 0.25) is 0 Å². The molecule has 2 N–H and O–H groups in total. The van der Waals surface area contributed by atoms with Crippen LogP contribution in [0, 0.1) is 18.3 Å². The molecule has 0 spiro atoms. The summed E-state index contributed by atoms with van der Waals surface area (Å²) in [6.07, 6.45) is 3.02. The highest BCUT2D eigenvalue weighted by atomic mass is 15.3. The lowest BCUT2D eigenvalue weighted by molar-refractivity contribution is 0.455. The minimum atomic E-state index is 0.247. The van der Waals surface area contributed by atoms with Gasteiger partial charge in [0.1, 0.15) is 0 Å². The smallest absolute Gasteiger partial charge is 0.0730 e. The van der Waals surface area contributed by atoms with Crippen LogP contribution in [0.1, 0.15) is 31.5 Å². The molecule has 1 unspecified atom stereocenters. The Hall–Kier alpha value is -1.50. The maximum absolute atomic E-state index is 8.43. The molecule has 4 nitrogen and oxygen atoms in total. The Morgan fingerprint density at radius 3 is 2.92 bits per heavy atom. The van der Waals surface area contributed by atoms with E-state index in [0.29, 0.717) is 12.1 Å². The maximum atomic E-state index is 8.43. The SMILES string of the molecule is Cc1c(N)cnn1C(C)CCC#N. The number of rotatable bonds is 3.